The van der Waals surface area contributed by atoms with Gasteiger partial charge in [-0.1, -0.05) is 0 Å². The molecule has 0 radical (unpaired) electrons. The van der Waals surface area contributed by atoms with Gasteiger partial charge in [-0.3, -0.25) is 0 Å². The first-order chi connectivity index (χ1) is 13.7. The number of imidazole rings is 2. The Morgan fingerprint density at radius 2 is 2.04 bits per heavy atom. The molecule has 0 amide bonds. The van der Waals surface area contributed by atoms with Crippen molar-refractivity contribution in [2.45, 2.75) is 13.5 Å². The summed E-state index contributed by atoms with van der Waals surface area (Å²) in [4.78, 5) is 21.8. The van der Waals surface area contributed by atoms with Crippen LogP contribution >= 0.6 is 11.3 Å². The lowest BCUT2D eigenvalue weighted by atomic mass is 10.2. The molecule has 4 heterocycles. The van der Waals surface area contributed by atoms with Crippen LogP contribution < -0.4 is 0 Å². The van der Waals surface area contributed by atoms with Crippen molar-refractivity contribution >= 4 is 32.7 Å². The van der Waals surface area contributed by atoms with Crippen LogP contribution in [0.5, 0.6) is 0 Å². The lowest BCUT2D eigenvalue weighted by Gasteiger charge is -2.07. The summed E-state index contributed by atoms with van der Waals surface area (Å²) in [6.07, 6.45) is 1.82. The molecule has 28 heavy (non-hydrogen) atoms. The van der Waals surface area contributed by atoms with Crippen molar-refractivity contribution in [2.75, 3.05) is 13.7 Å². The molecule has 5 rings (SSSR count). The van der Waals surface area contributed by atoms with Crippen molar-refractivity contribution in [3.05, 3.63) is 47.7 Å². The predicted octanol–water partition coefficient (Wildman–Crippen LogP) is 4.05. The molecule has 1 aromatic carbocycles. The quantitative estimate of drug-likeness (QED) is 0.489. The Morgan fingerprint density at radius 1 is 1.11 bits per heavy atom. The Balaban J connectivity index is 1.60. The van der Waals surface area contributed by atoms with Crippen molar-refractivity contribution in [3.8, 4) is 22.9 Å². The van der Waals surface area contributed by atoms with Gasteiger partial charge in [0.1, 0.15) is 17.0 Å². The topological polar surface area (TPSA) is 81.5 Å². The number of fused-ring (bicyclic) bond motifs is 2. The molecular formula is C20H18N6OS. The molecule has 0 spiro atoms. The summed E-state index contributed by atoms with van der Waals surface area (Å²) in [6, 6.07) is 10.2. The fourth-order valence-electron chi connectivity index (χ4n) is 3.28. The Labute approximate surface area is 165 Å². The summed E-state index contributed by atoms with van der Waals surface area (Å²) in [5.74, 6) is 1.60. The molecule has 0 aliphatic rings. The van der Waals surface area contributed by atoms with Gasteiger partial charge >= 0.3 is 0 Å². The number of hydrogen-bond donors (Lipinski definition) is 1. The molecule has 7 nitrogen and oxygen atoms in total. The number of aryl methyl sites for hydroxylation is 1. The highest BCUT2D eigenvalue weighted by atomic mass is 32.1. The number of thiazole rings is 1. The maximum Gasteiger partial charge on any atom is 0.160 e. The van der Waals surface area contributed by atoms with Crippen molar-refractivity contribution < 1.29 is 4.74 Å². The lowest BCUT2D eigenvalue weighted by Crippen LogP contribution is -2.07. The molecule has 0 aliphatic heterocycles. The van der Waals surface area contributed by atoms with Crippen molar-refractivity contribution in [3.63, 3.8) is 0 Å². The van der Waals surface area contributed by atoms with E-state index in [-0.39, 0.29) is 0 Å². The normalized spacial score (nSPS) is 11.6. The molecule has 0 saturated carbocycles. The highest BCUT2D eigenvalue weighted by molar-refractivity contribution is 7.16. The van der Waals surface area contributed by atoms with E-state index in [9.17, 15) is 0 Å². The van der Waals surface area contributed by atoms with Crippen LogP contribution in [0.2, 0.25) is 0 Å². The molecule has 8 heteroatoms. The number of aromatic amines is 1. The Hall–Kier alpha value is -3.10. The standard InChI is InChI=1S/C20H18N6OS/c1-12-3-5-14-19(23-12)26(7-8-27-2)20(25-14)16-10-21-18(24-16)13-4-6-17-15(9-13)22-11-28-17/h3-6,9-11H,7-8H2,1-2H3,(H,21,24). The van der Waals surface area contributed by atoms with Gasteiger partial charge in [0.15, 0.2) is 11.5 Å². The van der Waals surface area contributed by atoms with E-state index in [2.05, 4.69) is 36.6 Å². The second-order valence-corrected chi connectivity index (χ2v) is 7.44. The van der Waals surface area contributed by atoms with E-state index in [1.807, 2.05) is 36.8 Å². The monoisotopic (exact) mass is 390 g/mol. The summed E-state index contributed by atoms with van der Waals surface area (Å²) in [6.45, 7) is 3.23. The number of aromatic nitrogens is 6. The minimum atomic E-state index is 0.579. The maximum atomic E-state index is 5.28. The molecule has 4 aromatic heterocycles. The smallest absolute Gasteiger partial charge is 0.160 e. The zero-order valence-electron chi connectivity index (χ0n) is 15.5. The lowest BCUT2D eigenvalue weighted by molar-refractivity contribution is 0.188. The van der Waals surface area contributed by atoms with Gasteiger partial charge < -0.3 is 14.3 Å². The summed E-state index contributed by atoms with van der Waals surface area (Å²) in [5, 5.41) is 0. The van der Waals surface area contributed by atoms with E-state index in [1.165, 1.54) is 4.70 Å². The summed E-state index contributed by atoms with van der Waals surface area (Å²) < 4.78 is 8.53. The average molecular weight is 390 g/mol. The van der Waals surface area contributed by atoms with E-state index in [0.717, 1.165) is 45.3 Å². The number of ether oxygens (including phenoxy) is 1. The summed E-state index contributed by atoms with van der Waals surface area (Å²) in [5.41, 5.74) is 7.35. The molecule has 140 valence electrons. The van der Waals surface area contributed by atoms with Gasteiger partial charge in [-0.15, -0.1) is 11.3 Å². The van der Waals surface area contributed by atoms with Crippen LogP contribution in [0.4, 0.5) is 0 Å². The van der Waals surface area contributed by atoms with E-state index < -0.39 is 0 Å². The molecule has 0 aliphatic carbocycles. The number of methoxy groups -OCH3 is 1. The van der Waals surface area contributed by atoms with Crippen LogP contribution in [0.1, 0.15) is 5.69 Å². The third kappa shape index (κ3) is 2.87. The van der Waals surface area contributed by atoms with Gasteiger partial charge in [-0.25, -0.2) is 19.9 Å². The van der Waals surface area contributed by atoms with Gasteiger partial charge in [0, 0.05) is 24.9 Å². The first-order valence-electron chi connectivity index (χ1n) is 8.95. The van der Waals surface area contributed by atoms with Crippen LogP contribution in [0.3, 0.4) is 0 Å². The molecule has 1 N–H and O–H groups in total. The van der Waals surface area contributed by atoms with Crippen LogP contribution in [-0.4, -0.2) is 43.2 Å². The molecule has 0 fully saturated rings. The minimum Gasteiger partial charge on any atom is -0.383 e. The Morgan fingerprint density at radius 3 is 2.93 bits per heavy atom. The highest BCUT2D eigenvalue weighted by Gasteiger charge is 2.16. The van der Waals surface area contributed by atoms with Crippen molar-refractivity contribution in [2.24, 2.45) is 0 Å². The third-order valence-corrected chi connectivity index (χ3v) is 5.48. The predicted molar refractivity (Wildman–Crippen MR) is 110 cm³/mol. The fourth-order valence-corrected chi connectivity index (χ4v) is 3.94. The van der Waals surface area contributed by atoms with Crippen LogP contribution in [0.15, 0.2) is 42.0 Å². The number of H-pyrrole nitrogens is 1. The number of pyridine rings is 1. The van der Waals surface area contributed by atoms with Gasteiger partial charge in [0.25, 0.3) is 0 Å². The fraction of sp³-hybridized carbons (Fsp3) is 0.200. The first-order valence-corrected chi connectivity index (χ1v) is 9.83. The summed E-state index contributed by atoms with van der Waals surface area (Å²) in [7, 11) is 1.69. The number of nitrogens with zero attached hydrogens (tertiary/aromatic N) is 5. The summed E-state index contributed by atoms with van der Waals surface area (Å²) >= 11 is 1.63. The zero-order chi connectivity index (χ0) is 19.1. The second-order valence-electron chi connectivity index (χ2n) is 6.56. The molecule has 0 bridgehead atoms. The van der Waals surface area contributed by atoms with Crippen molar-refractivity contribution in [1.29, 1.82) is 0 Å². The number of benzene rings is 1. The number of rotatable bonds is 5. The number of nitrogens with one attached hydrogen (secondary N) is 1. The molecular weight excluding hydrogens is 372 g/mol. The zero-order valence-corrected chi connectivity index (χ0v) is 16.3. The van der Waals surface area contributed by atoms with E-state index in [0.29, 0.717) is 13.2 Å². The van der Waals surface area contributed by atoms with Gasteiger partial charge in [-0.05, 0) is 37.3 Å². The Bertz CT molecular complexity index is 1280. The van der Waals surface area contributed by atoms with E-state index in [1.54, 1.807) is 18.4 Å². The van der Waals surface area contributed by atoms with E-state index in [4.69, 9.17) is 9.72 Å². The highest BCUT2D eigenvalue weighted by Crippen LogP contribution is 2.27. The van der Waals surface area contributed by atoms with Crippen molar-refractivity contribution in [1.82, 2.24) is 29.5 Å². The molecule has 0 saturated heterocycles. The first kappa shape index (κ1) is 17.0. The minimum absolute atomic E-state index is 0.579. The van der Waals surface area contributed by atoms with Gasteiger partial charge in [0.05, 0.1) is 28.5 Å². The second kappa shape index (κ2) is 6.81. The third-order valence-electron chi connectivity index (χ3n) is 4.67. The number of hydrogen-bond acceptors (Lipinski definition) is 6. The SMILES string of the molecule is COCCn1c(-c2cnc(-c3ccc4scnc4c3)[nH]2)nc2ccc(C)nc21. The molecule has 0 atom stereocenters. The van der Waals surface area contributed by atoms with Crippen LogP contribution in [0, 0.1) is 6.92 Å². The largest absolute Gasteiger partial charge is 0.383 e. The van der Waals surface area contributed by atoms with Crippen LogP contribution in [-0.2, 0) is 11.3 Å². The average Bonchev–Trinajstić information content (AvgIpc) is 3.43. The molecule has 5 aromatic rings. The maximum absolute atomic E-state index is 5.28. The van der Waals surface area contributed by atoms with E-state index >= 15 is 0 Å². The van der Waals surface area contributed by atoms with Gasteiger partial charge in [-0.2, -0.15) is 0 Å². The van der Waals surface area contributed by atoms with Crippen LogP contribution in [0.25, 0.3) is 44.3 Å². The van der Waals surface area contributed by atoms with Gasteiger partial charge in [0.2, 0.25) is 0 Å². The molecule has 0 unspecified atom stereocenters. The Kier molecular flexibility index (Phi) is 4.14.